The fraction of sp³-hybridized carbons (Fsp3) is 0.600. The summed E-state index contributed by atoms with van der Waals surface area (Å²) < 4.78 is 37.8. The first-order chi connectivity index (χ1) is 7.88. The molecule has 0 amide bonds. The Balaban J connectivity index is 3.14. The Morgan fingerprint density at radius 2 is 2.00 bits per heavy atom. The van der Waals surface area contributed by atoms with Gasteiger partial charge in [0.2, 0.25) is 5.95 Å². The standard InChI is InChI=1S/C10H15F3N4/c1-4-5-17(3)8-6-7(10(11,12)13)15-9(14-2)16-8/h6H,4-5H2,1-3H3,(H,14,15,16). The summed E-state index contributed by atoms with van der Waals surface area (Å²) in [6, 6.07) is 0.955. The topological polar surface area (TPSA) is 41.1 Å². The average Bonchev–Trinajstić information content (AvgIpc) is 2.27. The van der Waals surface area contributed by atoms with Crippen molar-refractivity contribution in [3.05, 3.63) is 11.8 Å². The lowest BCUT2D eigenvalue weighted by atomic mass is 10.3. The van der Waals surface area contributed by atoms with E-state index in [1.165, 1.54) is 7.05 Å². The van der Waals surface area contributed by atoms with E-state index in [0.29, 0.717) is 6.54 Å². The van der Waals surface area contributed by atoms with E-state index >= 15 is 0 Å². The van der Waals surface area contributed by atoms with Crippen LogP contribution in [-0.2, 0) is 6.18 Å². The first-order valence-electron chi connectivity index (χ1n) is 5.23. The van der Waals surface area contributed by atoms with Crippen molar-refractivity contribution >= 4 is 11.8 Å². The summed E-state index contributed by atoms with van der Waals surface area (Å²) in [5, 5.41) is 2.53. The molecule has 1 aromatic heterocycles. The van der Waals surface area contributed by atoms with E-state index in [1.807, 2.05) is 6.92 Å². The minimum Gasteiger partial charge on any atom is -0.360 e. The van der Waals surface area contributed by atoms with Crippen molar-refractivity contribution < 1.29 is 13.2 Å². The molecule has 96 valence electrons. The van der Waals surface area contributed by atoms with E-state index in [2.05, 4.69) is 15.3 Å². The van der Waals surface area contributed by atoms with Crippen LogP contribution >= 0.6 is 0 Å². The van der Waals surface area contributed by atoms with Crippen molar-refractivity contribution in [3.63, 3.8) is 0 Å². The highest BCUT2D eigenvalue weighted by atomic mass is 19.4. The van der Waals surface area contributed by atoms with Gasteiger partial charge in [0.1, 0.15) is 5.82 Å². The highest BCUT2D eigenvalue weighted by molar-refractivity contribution is 5.44. The van der Waals surface area contributed by atoms with E-state index in [4.69, 9.17) is 0 Å². The summed E-state index contributed by atoms with van der Waals surface area (Å²) >= 11 is 0. The molecular formula is C10H15F3N4. The number of anilines is 2. The normalized spacial score (nSPS) is 11.4. The number of rotatable bonds is 4. The molecule has 0 radical (unpaired) electrons. The second-order valence-corrected chi connectivity index (χ2v) is 3.60. The molecule has 1 heterocycles. The highest BCUT2D eigenvalue weighted by Crippen LogP contribution is 2.30. The number of nitrogens with zero attached hydrogens (tertiary/aromatic N) is 3. The molecule has 7 heteroatoms. The molecule has 1 N–H and O–H groups in total. The second-order valence-electron chi connectivity index (χ2n) is 3.60. The maximum absolute atomic E-state index is 12.6. The number of alkyl halides is 3. The van der Waals surface area contributed by atoms with Crippen molar-refractivity contribution in [2.24, 2.45) is 0 Å². The van der Waals surface area contributed by atoms with Crippen LogP contribution in [0.3, 0.4) is 0 Å². The van der Waals surface area contributed by atoms with Crippen molar-refractivity contribution in [2.45, 2.75) is 19.5 Å². The molecule has 4 nitrogen and oxygen atoms in total. The van der Waals surface area contributed by atoms with Crippen molar-refractivity contribution in [1.82, 2.24) is 9.97 Å². The lowest BCUT2D eigenvalue weighted by molar-refractivity contribution is -0.141. The van der Waals surface area contributed by atoms with Gasteiger partial charge in [-0.05, 0) is 6.42 Å². The third-order valence-corrected chi connectivity index (χ3v) is 2.18. The molecule has 0 aliphatic carbocycles. The van der Waals surface area contributed by atoms with Crippen LogP contribution in [0.4, 0.5) is 24.9 Å². The van der Waals surface area contributed by atoms with Crippen molar-refractivity contribution in [3.8, 4) is 0 Å². The molecule has 1 aromatic rings. The van der Waals surface area contributed by atoms with E-state index < -0.39 is 11.9 Å². The van der Waals surface area contributed by atoms with Gasteiger partial charge >= 0.3 is 6.18 Å². The highest BCUT2D eigenvalue weighted by Gasteiger charge is 2.33. The third-order valence-electron chi connectivity index (χ3n) is 2.18. The van der Waals surface area contributed by atoms with Crippen LogP contribution in [0.15, 0.2) is 6.07 Å². The summed E-state index contributed by atoms with van der Waals surface area (Å²) in [6.07, 6.45) is -3.63. The van der Waals surface area contributed by atoms with E-state index in [0.717, 1.165) is 12.5 Å². The largest absolute Gasteiger partial charge is 0.433 e. The predicted octanol–water partition coefficient (Wildman–Crippen LogP) is 2.38. The molecule has 0 saturated carbocycles. The van der Waals surface area contributed by atoms with Gasteiger partial charge in [0, 0.05) is 26.7 Å². The Morgan fingerprint density at radius 1 is 1.35 bits per heavy atom. The van der Waals surface area contributed by atoms with Gasteiger partial charge in [-0.3, -0.25) is 0 Å². The summed E-state index contributed by atoms with van der Waals surface area (Å²) in [6.45, 7) is 2.58. The molecule has 0 unspecified atom stereocenters. The van der Waals surface area contributed by atoms with E-state index in [-0.39, 0.29) is 11.8 Å². The number of halogens is 3. The summed E-state index contributed by atoms with van der Waals surface area (Å²) in [7, 11) is 3.19. The van der Waals surface area contributed by atoms with E-state index in [9.17, 15) is 13.2 Å². The zero-order chi connectivity index (χ0) is 13.1. The van der Waals surface area contributed by atoms with Crippen LogP contribution in [0.25, 0.3) is 0 Å². The molecule has 0 fully saturated rings. The smallest absolute Gasteiger partial charge is 0.360 e. The predicted molar refractivity (Wildman–Crippen MR) is 60.1 cm³/mol. The van der Waals surface area contributed by atoms with Gasteiger partial charge in [-0.2, -0.15) is 18.2 Å². The Morgan fingerprint density at radius 3 is 2.47 bits per heavy atom. The molecular weight excluding hydrogens is 233 g/mol. The average molecular weight is 248 g/mol. The van der Waals surface area contributed by atoms with Crippen LogP contribution in [0.2, 0.25) is 0 Å². The van der Waals surface area contributed by atoms with Gasteiger partial charge in [0.05, 0.1) is 0 Å². The summed E-state index contributed by atoms with van der Waals surface area (Å²) in [5.74, 6) is 0.233. The van der Waals surface area contributed by atoms with Crippen LogP contribution in [0.5, 0.6) is 0 Å². The van der Waals surface area contributed by atoms with Gasteiger partial charge in [-0.25, -0.2) is 4.98 Å². The number of nitrogens with one attached hydrogen (secondary N) is 1. The molecule has 0 spiro atoms. The maximum Gasteiger partial charge on any atom is 0.433 e. The minimum atomic E-state index is -4.46. The lowest BCUT2D eigenvalue weighted by Crippen LogP contribution is -2.21. The Kier molecular flexibility index (Phi) is 4.14. The zero-order valence-corrected chi connectivity index (χ0v) is 9.97. The molecule has 17 heavy (non-hydrogen) atoms. The zero-order valence-electron chi connectivity index (χ0n) is 9.97. The SMILES string of the molecule is CCCN(C)c1cc(C(F)(F)F)nc(NC)n1. The van der Waals surface area contributed by atoms with Crippen LogP contribution in [0, 0.1) is 0 Å². The quantitative estimate of drug-likeness (QED) is 0.888. The van der Waals surface area contributed by atoms with Gasteiger partial charge in [-0.1, -0.05) is 6.92 Å². The number of aromatic nitrogens is 2. The monoisotopic (exact) mass is 248 g/mol. The molecule has 1 rings (SSSR count). The first-order valence-corrected chi connectivity index (χ1v) is 5.23. The van der Waals surface area contributed by atoms with Crippen molar-refractivity contribution in [2.75, 3.05) is 30.9 Å². The lowest BCUT2D eigenvalue weighted by Gasteiger charge is -2.19. The van der Waals surface area contributed by atoms with Gasteiger partial charge in [-0.15, -0.1) is 0 Å². The first kappa shape index (κ1) is 13.5. The van der Waals surface area contributed by atoms with Gasteiger partial charge in [0.15, 0.2) is 5.69 Å². The Hall–Kier alpha value is -1.53. The summed E-state index contributed by atoms with van der Waals surface area (Å²) in [4.78, 5) is 9.04. The van der Waals surface area contributed by atoms with Crippen LogP contribution in [0.1, 0.15) is 19.0 Å². The second kappa shape index (κ2) is 5.20. The number of hydrogen-bond acceptors (Lipinski definition) is 4. The van der Waals surface area contributed by atoms with E-state index in [1.54, 1.807) is 11.9 Å². The fourth-order valence-corrected chi connectivity index (χ4v) is 1.34. The molecule has 0 bridgehead atoms. The Labute approximate surface area is 97.9 Å². The van der Waals surface area contributed by atoms with Gasteiger partial charge in [0.25, 0.3) is 0 Å². The minimum absolute atomic E-state index is 0.0298. The van der Waals surface area contributed by atoms with Crippen LogP contribution < -0.4 is 10.2 Å². The van der Waals surface area contributed by atoms with Gasteiger partial charge < -0.3 is 10.2 Å². The summed E-state index contributed by atoms with van der Waals surface area (Å²) in [5.41, 5.74) is -0.935. The molecule has 0 aromatic carbocycles. The molecule has 0 aliphatic heterocycles. The Bertz CT molecular complexity index is 378. The number of hydrogen-bond donors (Lipinski definition) is 1. The van der Waals surface area contributed by atoms with Crippen LogP contribution in [-0.4, -0.2) is 30.6 Å². The molecule has 0 aliphatic rings. The molecule has 0 atom stereocenters. The fourth-order valence-electron chi connectivity index (χ4n) is 1.34. The van der Waals surface area contributed by atoms with Crippen molar-refractivity contribution in [1.29, 1.82) is 0 Å². The third kappa shape index (κ3) is 3.47. The molecule has 0 saturated heterocycles. The maximum atomic E-state index is 12.6.